The Morgan fingerprint density at radius 2 is 1.83 bits per heavy atom. The third-order valence-corrected chi connectivity index (χ3v) is 5.42. The highest BCUT2D eigenvalue weighted by Crippen LogP contribution is 2.24. The average Bonchev–Trinajstić information content (AvgIpc) is 2.49. The Bertz CT molecular complexity index is 854. The largest absolute Gasteiger partial charge is 0.324 e. The highest BCUT2D eigenvalue weighted by molar-refractivity contribution is 9.10. The van der Waals surface area contributed by atoms with Gasteiger partial charge in [0, 0.05) is 15.2 Å². The molecule has 0 saturated heterocycles. The summed E-state index contributed by atoms with van der Waals surface area (Å²) in [7, 11) is -3.61. The van der Waals surface area contributed by atoms with Crippen molar-refractivity contribution in [3.05, 3.63) is 57.5 Å². The van der Waals surface area contributed by atoms with E-state index < -0.39 is 15.9 Å². The zero-order valence-corrected chi connectivity index (χ0v) is 16.2. The maximum atomic E-state index is 12.3. The minimum atomic E-state index is -3.61. The molecule has 0 aliphatic rings. The molecular weight excluding hydrogens is 416 g/mol. The van der Waals surface area contributed by atoms with Crippen LogP contribution in [0.5, 0.6) is 0 Å². The molecule has 8 heteroatoms. The van der Waals surface area contributed by atoms with Crippen LogP contribution in [0.4, 0.5) is 11.4 Å². The highest BCUT2D eigenvalue weighted by atomic mass is 79.9. The Labute approximate surface area is 154 Å². The summed E-state index contributed by atoms with van der Waals surface area (Å²) in [6.45, 7) is 1.45. The second-order valence-corrected chi connectivity index (χ2v) is 8.44. The van der Waals surface area contributed by atoms with Crippen molar-refractivity contribution in [1.82, 2.24) is 0 Å². The molecule has 1 amide bonds. The summed E-state index contributed by atoms with van der Waals surface area (Å²) in [5, 5.41) is 3.22. The van der Waals surface area contributed by atoms with Gasteiger partial charge in [0.15, 0.2) is 0 Å². The van der Waals surface area contributed by atoms with Crippen LogP contribution in [0.1, 0.15) is 5.56 Å². The number of rotatable bonds is 5. The van der Waals surface area contributed by atoms with Gasteiger partial charge in [0.05, 0.1) is 11.9 Å². The monoisotopic (exact) mass is 430 g/mol. The van der Waals surface area contributed by atoms with E-state index in [9.17, 15) is 13.2 Å². The molecule has 0 aliphatic carbocycles. The summed E-state index contributed by atoms with van der Waals surface area (Å²) in [6, 6.07) is 11.8. The Hall–Kier alpha value is -1.57. The highest BCUT2D eigenvalue weighted by Gasteiger charge is 2.21. The quantitative estimate of drug-likeness (QED) is 0.783. The van der Waals surface area contributed by atoms with Crippen LogP contribution in [0.2, 0.25) is 5.02 Å². The van der Waals surface area contributed by atoms with E-state index in [-0.39, 0.29) is 6.54 Å². The van der Waals surface area contributed by atoms with Crippen LogP contribution in [-0.2, 0) is 14.8 Å². The molecule has 0 heterocycles. The first-order chi connectivity index (χ1) is 11.2. The van der Waals surface area contributed by atoms with E-state index in [1.54, 1.807) is 49.4 Å². The summed E-state index contributed by atoms with van der Waals surface area (Å²) < 4.78 is 25.9. The lowest BCUT2D eigenvalue weighted by molar-refractivity contribution is -0.114. The number of benzene rings is 2. The zero-order valence-electron chi connectivity index (χ0n) is 13.1. The van der Waals surface area contributed by atoms with Gasteiger partial charge in [-0.25, -0.2) is 8.42 Å². The number of halogens is 2. The van der Waals surface area contributed by atoms with Crippen molar-refractivity contribution in [1.29, 1.82) is 0 Å². The van der Waals surface area contributed by atoms with Crippen LogP contribution in [0.3, 0.4) is 0 Å². The topological polar surface area (TPSA) is 66.5 Å². The summed E-state index contributed by atoms with van der Waals surface area (Å²) >= 11 is 9.32. The summed E-state index contributed by atoms with van der Waals surface area (Å²) in [5.74, 6) is -0.450. The van der Waals surface area contributed by atoms with Crippen molar-refractivity contribution in [2.24, 2.45) is 0 Å². The van der Waals surface area contributed by atoms with E-state index >= 15 is 0 Å². The maximum Gasteiger partial charge on any atom is 0.245 e. The molecule has 2 rings (SSSR count). The van der Waals surface area contributed by atoms with Crippen molar-refractivity contribution >= 4 is 54.8 Å². The van der Waals surface area contributed by atoms with Crippen molar-refractivity contribution in [2.75, 3.05) is 22.4 Å². The van der Waals surface area contributed by atoms with Crippen LogP contribution in [0.25, 0.3) is 0 Å². The van der Waals surface area contributed by atoms with Crippen LogP contribution in [0, 0.1) is 6.92 Å². The Balaban J connectivity index is 2.22. The first-order valence-electron chi connectivity index (χ1n) is 6.97. The molecule has 0 bridgehead atoms. The molecule has 0 aromatic heterocycles. The molecule has 0 aliphatic heterocycles. The maximum absolute atomic E-state index is 12.3. The molecule has 128 valence electrons. The Morgan fingerprint density at radius 1 is 1.21 bits per heavy atom. The van der Waals surface area contributed by atoms with Gasteiger partial charge in [-0.05, 0) is 48.9 Å². The second kappa shape index (κ2) is 7.55. The molecule has 5 nitrogen and oxygen atoms in total. The molecule has 0 atom stereocenters. The number of nitrogens with zero attached hydrogens (tertiary/aromatic N) is 1. The fourth-order valence-electron chi connectivity index (χ4n) is 2.07. The number of carbonyl (C=O) groups excluding carboxylic acids is 1. The molecule has 0 saturated carbocycles. The van der Waals surface area contributed by atoms with Crippen LogP contribution in [0.15, 0.2) is 46.9 Å². The third kappa shape index (κ3) is 4.72. The summed E-state index contributed by atoms with van der Waals surface area (Å²) in [5.41, 5.74) is 1.69. The Morgan fingerprint density at radius 3 is 2.42 bits per heavy atom. The molecule has 24 heavy (non-hydrogen) atoms. The van der Waals surface area contributed by atoms with Gasteiger partial charge in [-0.1, -0.05) is 33.6 Å². The van der Waals surface area contributed by atoms with E-state index in [0.29, 0.717) is 16.4 Å². The first kappa shape index (κ1) is 18.8. The van der Waals surface area contributed by atoms with Crippen molar-refractivity contribution in [2.45, 2.75) is 6.92 Å². The van der Waals surface area contributed by atoms with Gasteiger partial charge in [-0.2, -0.15) is 0 Å². The van der Waals surface area contributed by atoms with Gasteiger partial charge < -0.3 is 5.32 Å². The number of sulfonamides is 1. The van der Waals surface area contributed by atoms with E-state index in [0.717, 1.165) is 20.6 Å². The van der Waals surface area contributed by atoms with Gasteiger partial charge >= 0.3 is 0 Å². The van der Waals surface area contributed by atoms with E-state index in [4.69, 9.17) is 11.6 Å². The number of anilines is 2. The lowest BCUT2D eigenvalue weighted by Gasteiger charge is -2.22. The molecule has 2 aromatic rings. The molecule has 0 unspecified atom stereocenters. The third-order valence-electron chi connectivity index (χ3n) is 3.34. The van der Waals surface area contributed by atoms with Crippen LogP contribution >= 0.6 is 27.5 Å². The van der Waals surface area contributed by atoms with Gasteiger partial charge in [0.2, 0.25) is 15.9 Å². The minimum absolute atomic E-state index is 0.327. The Kier molecular flexibility index (Phi) is 5.90. The smallest absolute Gasteiger partial charge is 0.245 e. The predicted octanol–water partition coefficient (Wildman–Crippen LogP) is 3.82. The SMILES string of the molecule is Cc1c(Cl)cccc1NC(=O)CN(c1ccc(Br)cc1)S(C)(=O)=O. The van der Waals surface area contributed by atoms with Gasteiger partial charge in [-0.15, -0.1) is 0 Å². The predicted molar refractivity (Wildman–Crippen MR) is 101 cm³/mol. The van der Waals surface area contributed by atoms with Crippen molar-refractivity contribution < 1.29 is 13.2 Å². The normalized spacial score (nSPS) is 11.2. The van der Waals surface area contributed by atoms with E-state index in [2.05, 4.69) is 21.2 Å². The fraction of sp³-hybridized carbons (Fsp3) is 0.188. The first-order valence-corrected chi connectivity index (χ1v) is 9.98. The molecular formula is C16H16BrClN2O3S. The molecule has 0 spiro atoms. The fourth-order valence-corrected chi connectivity index (χ4v) is 3.37. The van der Waals surface area contributed by atoms with E-state index in [1.807, 2.05) is 0 Å². The van der Waals surface area contributed by atoms with Crippen molar-refractivity contribution in [3.63, 3.8) is 0 Å². The minimum Gasteiger partial charge on any atom is -0.324 e. The number of carbonyl (C=O) groups is 1. The summed E-state index contributed by atoms with van der Waals surface area (Å²) in [6.07, 6.45) is 1.06. The van der Waals surface area contributed by atoms with Gasteiger partial charge in [-0.3, -0.25) is 9.10 Å². The summed E-state index contributed by atoms with van der Waals surface area (Å²) in [4.78, 5) is 12.3. The van der Waals surface area contributed by atoms with E-state index in [1.165, 1.54) is 0 Å². The second-order valence-electron chi connectivity index (χ2n) is 5.21. The zero-order chi connectivity index (χ0) is 17.9. The van der Waals surface area contributed by atoms with Gasteiger partial charge in [0.25, 0.3) is 0 Å². The number of hydrogen-bond donors (Lipinski definition) is 1. The molecule has 2 aromatic carbocycles. The number of nitrogens with one attached hydrogen (secondary N) is 1. The lowest BCUT2D eigenvalue weighted by Crippen LogP contribution is -2.37. The lowest BCUT2D eigenvalue weighted by atomic mass is 10.2. The standard InChI is InChI=1S/C16H16BrClN2O3S/c1-11-14(18)4-3-5-15(11)19-16(21)10-20(24(2,22)23)13-8-6-12(17)7-9-13/h3-9H,10H2,1-2H3,(H,19,21). The van der Waals surface area contributed by atoms with Crippen molar-refractivity contribution in [3.8, 4) is 0 Å². The molecule has 0 fully saturated rings. The molecule has 1 N–H and O–H groups in total. The van der Waals surface area contributed by atoms with Crippen LogP contribution < -0.4 is 9.62 Å². The van der Waals surface area contributed by atoms with Crippen LogP contribution in [-0.4, -0.2) is 27.1 Å². The number of hydrogen-bond acceptors (Lipinski definition) is 3. The average molecular weight is 432 g/mol. The molecule has 0 radical (unpaired) electrons. The number of amides is 1. The van der Waals surface area contributed by atoms with Gasteiger partial charge in [0.1, 0.15) is 6.54 Å².